The minimum atomic E-state index is -0.859. The zero-order valence-electron chi connectivity index (χ0n) is 5.87. The predicted octanol–water partition coefficient (Wildman–Crippen LogP) is 0.641. The van der Waals surface area contributed by atoms with Gasteiger partial charge in [-0.3, -0.25) is 9.88 Å². The summed E-state index contributed by atoms with van der Waals surface area (Å²) in [6.45, 7) is 5.29. The Morgan fingerprint density at radius 1 is 1.90 bits per heavy atom. The summed E-state index contributed by atoms with van der Waals surface area (Å²) in [6, 6.07) is -0.553. The van der Waals surface area contributed by atoms with Gasteiger partial charge < -0.3 is 5.11 Å². The van der Waals surface area contributed by atoms with Crippen LogP contribution in [0, 0.1) is 5.92 Å². The van der Waals surface area contributed by atoms with Crippen LogP contribution in [0.15, 0.2) is 12.7 Å². The Bertz CT molecular complexity index is 138. The molecule has 0 aromatic carbocycles. The fourth-order valence-electron chi connectivity index (χ4n) is 0.584. The summed E-state index contributed by atoms with van der Waals surface area (Å²) in [5.74, 6) is -0.919. The highest BCUT2D eigenvalue weighted by Gasteiger charge is 2.19. The second kappa shape index (κ2) is 4.42. The van der Waals surface area contributed by atoms with Crippen molar-refractivity contribution in [1.29, 1.82) is 0 Å². The molecule has 0 radical (unpaired) electrons. The van der Waals surface area contributed by atoms with Crippen molar-refractivity contribution in [2.24, 2.45) is 5.92 Å². The summed E-state index contributed by atoms with van der Waals surface area (Å²) < 4.78 is 0. The third-order valence-corrected chi connectivity index (χ3v) is 1.70. The van der Waals surface area contributed by atoms with E-state index in [1.54, 1.807) is 13.0 Å². The van der Waals surface area contributed by atoms with E-state index in [1.807, 2.05) is 0 Å². The van der Waals surface area contributed by atoms with E-state index in [0.29, 0.717) is 0 Å². The molecule has 3 atom stereocenters. The van der Waals surface area contributed by atoms with Gasteiger partial charge in [0.05, 0.1) is 0 Å². The molecule has 0 aromatic rings. The maximum absolute atomic E-state index is 10.4. The highest BCUT2D eigenvalue weighted by atomic mass is 31.0. The minimum Gasteiger partial charge on any atom is -0.480 e. The molecule has 0 spiro atoms. The van der Waals surface area contributed by atoms with Gasteiger partial charge in [-0.1, -0.05) is 22.4 Å². The quantitative estimate of drug-likeness (QED) is 0.470. The number of aliphatic carboxylic acids is 1. The van der Waals surface area contributed by atoms with Gasteiger partial charge >= 0.3 is 5.97 Å². The number of hydrogen-bond acceptors (Lipinski definition) is 2. The second-order valence-electron chi connectivity index (χ2n) is 2.08. The first-order chi connectivity index (χ1) is 4.63. The van der Waals surface area contributed by atoms with E-state index < -0.39 is 12.0 Å². The van der Waals surface area contributed by atoms with E-state index in [1.165, 1.54) is 0 Å². The lowest BCUT2D eigenvalue weighted by Gasteiger charge is -2.14. The van der Waals surface area contributed by atoms with Crippen LogP contribution in [0.5, 0.6) is 0 Å². The van der Waals surface area contributed by atoms with Gasteiger partial charge in [0, 0.05) is 5.92 Å². The highest BCUT2D eigenvalue weighted by molar-refractivity contribution is 7.13. The van der Waals surface area contributed by atoms with Crippen LogP contribution < -0.4 is 5.09 Å². The molecule has 0 bridgehead atoms. The highest BCUT2D eigenvalue weighted by Crippen LogP contribution is 2.04. The van der Waals surface area contributed by atoms with Gasteiger partial charge in [-0.2, -0.15) is 0 Å². The molecule has 0 rings (SSSR count). The van der Waals surface area contributed by atoms with E-state index in [-0.39, 0.29) is 5.92 Å². The Kier molecular flexibility index (Phi) is 4.24. The van der Waals surface area contributed by atoms with Gasteiger partial charge in [-0.05, 0) is 0 Å². The molecule has 0 amide bonds. The fraction of sp³-hybridized carbons (Fsp3) is 0.500. The van der Waals surface area contributed by atoms with E-state index >= 15 is 0 Å². The Balaban J connectivity index is 4.05. The van der Waals surface area contributed by atoms with Crippen LogP contribution in [0.25, 0.3) is 0 Å². The van der Waals surface area contributed by atoms with Crippen molar-refractivity contribution in [2.75, 3.05) is 0 Å². The topological polar surface area (TPSA) is 49.3 Å². The normalized spacial score (nSPS) is 15.8. The van der Waals surface area contributed by atoms with Crippen molar-refractivity contribution in [1.82, 2.24) is 5.09 Å². The summed E-state index contributed by atoms with van der Waals surface area (Å²) >= 11 is 0. The van der Waals surface area contributed by atoms with E-state index in [0.717, 1.165) is 0 Å². The Labute approximate surface area is 62.8 Å². The lowest BCUT2D eigenvalue weighted by atomic mass is 10.0. The Hall–Kier alpha value is -0.400. The predicted molar refractivity (Wildman–Crippen MR) is 43.6 cm³/mol. The van der Waals surface area contributed by atoms with Gasteiger partial charge in [0.15, 0.2) is 0 Å². The van der Waals surface area contributed by atoms with Crippen molar-refractivity contribution < 1.29 is 9.90 Å². The monoisotopic (exact) mass is 161 g/mol. The molecule has 0 aliphatic heterocycles. The molecule has 3 nitrogen and oxygen atoms in total. The van der Waals surface area contributed by atoms with Gasteiger partial charge in [-0.25, -0.2) is 0 Å². The van der Waals surface area contributed by atoms with Gasteiger partial charge in [0.25, 0.3) is 0 Å². The third kappa shape index (κ3) is 2.46. The molecule has 58 valence electrons. The van der Waals surface area contributed by atoms with E-state index in [9.17, 15) is 4.79 Å². The molecule has 0 aliphatic rings. The van der Waals surface area contributed by atoms with Crippen molar-refractivity contribution in [3.63, 3.8) is 0 Å². The second-order valence-corrected chi connectivity index (χ2v) is 2.41. The lowest BCUT2D eigenvalue weighted by molar-refractivity contribution is -0.139. The van der Waals surface area contributed by atoms with Crippen molar-refractivity contribution >= 4 is 15.4 Å². The average Bonchev–Trinajstić information content (AvgIpc) is 1.88. The standard InChI is InChI=1S/C6H12NO2P/c1-3-4(2)5(7-10)6(8)9/h3-5,7H,1,10H2,2H3,(H,8,9). The van der Waals surface area contributed by atoms with Gasteiger partial charge in [0.2, 0.25) is 0 Å². The first kappa shape index (κ1) is 9.60. The number of hydrogen-bond donors (Lipinski definition) is 2. The molecule has 0 aliphatic carbocycles. The Morgan fingerprint density at radius 2 is 2.40 bits per heavy atom. The van der Waals surface area contributed by atoms with Crippen LogP contribution in [0.3, 0.4) is 0 Å². The molecule has 0 saturated heterocycles. The van der Waals surface area contributed by atoms with Crippen LogP contribution in [0.1, 0.15) is 6.92 Å². The smallest absolute Gasteiger partial charge is 0.321 e. The van der Waals surface area contributed by atoms with Crippen molar-refractivity contribution in [3.05, 3.63) is 12.7 Å². The zero-order valence-corrected chi connectivity index (χ0v) is 7.03. The van der Waals surface area contributed by atoms with Crippen molar-refractivity contribution in [2.45, 2.75) is 13.0 Å². The SMILES string of the molecule is C=CC(C)C(NP)C(=O)O. The zero-order chi connectivity index (χ0) is 8.15. The maximum atomic E-state index is 10.4. The minimum absolute atomic E-state index is 0.0602. The van der Waals surface area contributed by atoms with Crippen LogP contribution in [0.4, 0.5) is 0 Å². The molecular weight excluding hydrogens is 149 g/mol. The average molecular weight is 161 g/mol. The molecule has 2 N–H and O–H groups in total. The molecule has 3 unspecified atom stereocenters. The lowest BCUT2D eigenvalue weighted by Crippen LogP contribution is -2.35. The molecule has 0 heterocycles. The maximum Gasteiger partial charge on any atom is 0.321 e. The van der Waals surface area contributed by atoms with Crippen molar-refractivity contribution in [3.8, 4) is 0 Å². The van der Waals surface area contributed by atoms with Crippen LogP contribution in [-0.4, -0.2) is 17.1 Å². The first-order valence-corrected chi connectivity index (χ1v) is 3.52. The molecule has 0 saturated carbocycles. The van der Waals surface area contributed by atoms with Crippen LogP contribution in [0.2, 0.25) is 0 Å². The number of rotatable bonds is 4. The summed E-state index contributed by atoms with van der Waals surface area (Å²) in [7, 11) is 2.18. The fourth-order valence-corrected chi connectivity index (χ4v) is 1.03. The third-order valence-electron chi connectivity index (χ3n) is 1.34. The number of carboxylic acids is 1. The first-order valence-electron chi connectivity index (χ1n) is 2.95. The summed E-state index contributed by atoms with van der Waals surface area (Å²) in [5, 5.41) is 11.1. The molecule has 10 heavy (non-hydrogen) atoms. The Morgan fingerprint density at radius 3 is 2.50 bits per heavy atom. The number of carbonyl (C=O) groups is 1. The molecule has 0 fully saturated rings. The van der Waals surface area contributed by atoms with E-state index in [2.05, 4.69) is 21.1 Å². The molecular formula is C6H12NO2P. The molecule has 4 heteroatoms. The summed E-state index contributed by atoms with van der Waals surface area (Å²) in [6.07, 6.45) is 1.61. The number of carboxylic acid groups (broad SMARTS) is 1. The van der Waals surface area contributed by atoms with Gasteiger partial charge in [0.1, 0.15) is 6.04 Å². The van der Waals surface area contributed by atoms with E-state index in [4.69, 9.17) is 5.11 Å². The number of nitrogens with one attached hydrogen (secondary N) is 1. The molecule has 0 aromatic heterocycles. The summed E-state index contributed by atoms with van der Waals surface area (Å²) in [5.41, 5.74) is 0. The van der Waals surface area contributed by atoms with Crippen LogP contribution >= 0.6 is 9.39 Å². The van der Waals surface area contributed by atoms with Gasteiger partial charge in [-0.15, -0.1) is 6.58 Å². The van der Waals surface area contributed by atoms with Crippen LogP contribution in [-0.2, 0) is 4.79 Å². The summed E-state index contributed by atoms with van der Waals surface area (Å²) in [4.78, 5) is 10.4. The largest absolute Gasteiger partial charge is 0.480 e.